The summed E-state index contributed by atoms with van der Waals surface area (Å²) < 4.78 is 14.2. The van der Waals surface area contributed by atoms with E-state index in [9.17, 15) is 0 Å². The van der Waals surface area contributed by atoms with Crippen molar-refractivity contribution in [2.24, 2.45) is 5.41 Å². The summed E-state index contributed by atoms with van der Waals surface area (Å²) in [5.74, 6) is 1.91. The van der Waals surface area contributed by atoms with Crippen LogP contribution in [0.4, 0.5) is 5.82 Å². The summed E-state index contributed by atoms with van der Waals surface area (Å²) in [7, 11) is 0. The summed E-state index contributed by atoms with van der Waals surface area (Å²) in [5.41, 5.74) is 7.65. The van der Waals surface area contributed by atoms with Crippen LogP contribution in [0.2, 0.25) is 0 Å². The number of rotatable bonds is 6. The molecule has 3 heterocycles. The molecule has 8 nitrogen and oxygen atoms in total. The molecular weight excluding hydrogens is 574 g/mol. The van der Waals surface area contributed by atoms with E-state index in [0.29, 0.717) is 11.3 Å². The van der Waals surface area contributed by atoms with Crippen molar-refractivity contribution in [3.63, 3.8) is 0 Å². The minimum atomic E-state index is 0. The zero-order valence-electron chi connectivity index (χ0n) is 17.3. The van der Waals surface area contributed by atoms with Crippen LogP contribution in [0.25, 0.3) is 11.2 Å². The number of benzene rings is 1. The van der Waals surface area contributed by atoms with Crippen molar-refractivity contribution < 1.29 is 9.47 Å². The second kappa shape index (κ2) is 10.6. The number of nitrogens with zero attached hydrogens (tertiary/aromatic N) is 4. The smallest absolute Gasteiger partial charge is 0.231 e. The van der Waals surface area contributed by atoms with Crippen LogP contribution in [-0.4, -0.2) is 39.4 Å². The molecule has 31 heavy (non-hydrogen) atoms. The van der Waals surface area contributed by atoms with E-state index >= 15 is 0 Å². The fourth-order valence-electron chi connectivity index (χ4n) is 2.94. The maximum absolute atomic E-state index is 6.06. The third kappa shape index (κ3) is 5.98. The number of hydrogen-bond acceptors (Lipinski definition) is 8. The Morgan fingerprint density at radius 1 is 1.19 bits per heavy atom. The number of hydrogen-bond donors (Lipinski definition) is 2. The zero-order valence-corrected chi connectivity index (χ0v) is 22.0. The number of imidazole rings is 1. The van der Waals surface area contributed by atoms with E-state index in [1.54, 1.807) is 11.8 Å². The Balaban J connectivity index is 0.00000171. The van der Waals surface area contributed by atoms with Crippen LogP contribution in [0, 0.1) is 8.99 Å². The van der Waals surface area contributed by atoms with Crippen LogP contribution in [0.3, 0.4) is 0 Å². The number of anilines is 1. The van der Waals surface area contributed by atoms with Gasteiger partial charge >= 0.3 is 0 Å². The summed E-state index contributed by atoms with van der Waals surface area (Å²) in [4.78, 5) is 14.3. The first-order valence-electron chi connectivity index (χ1n) is 9.26. The molecule has 0 aliphatic carbocycles. The minimum Gasteiger partial charge on any atom is -0.454 e. The van der Waals surface area contributed by atoms with Crippen molar-refractivity contribution in [3.05, 3.63) is 22.0 Å². The van der Waals surface area contributed by atoms with Crippen LogP contribution >= 0.6 is 59.2 Å². The SMILES string of the molecule is CC(C)(C)CNCCn1c(Sc2cc3c(cc2I)OCO3)nc2c(N)ncnc21.Cl.Cl. The highest BCUT2D eigenvalue weighted by Crippen LogP contribution is 2.41. The number of ether oxygens (including phenoxy) is 2. The fraction of sp³-hybridized carbons (Fsp3) is 0.421. The number of aromatic nitrogens is 4. The largest absolute Gasteiger partial charge is 0.454 e. The molecule has 0 unspecified atom stereocenters. The molecule has 0 radical (unpaired) electrons. The third-order valence-electron chi connectivity index (χ3n) is 4.32. The molecule has 0 spiro atoms. The van der Waals surface area contributed by atoms with E-state index in [2.05, 4.69) is 63.2 Å². The van der Waals surface area contributed by atoms with Crippen LogP contribution in [0.1, 0.15) is 20.8 Å². The lowest BCUT2D eigenvalue weighted by molar-refractivity contribution is 0.174. The first kappa shape index (κ1) is 26.0. The Hall–Kier alpha value is -1.21. The normalized spacial score (nSPS) is 12.5. The standard InChI is InChI=1S/C19H23IN6O2S.2ClH/c1-19(2,3)8-22-4-5-26-17-15(16(21)23-9-24-17)25-18(26)29-14-7-13-12(6-11(14)20)27-10-28-13;;/h6-7,9,22H,4-5,8,10H2,1-3H3,(H2,21,23,24);2*1H. The lowest BCUT2D eigenvalue weighted by Gasteiger charge is -2.19. The minimum absolute atomic E-state index is 0. The van der Waals surface area contributed by atoms with Gasteiger partial charge < -0.3 is 25.1 Å². The summed E-state index contributed by atoms with van der Waals surface area (Å²) in [6.07, 6.45) is 1.48. The van der Waals surface area contributed by atoms with Crippen molar-refractivity contribution in [2.75, 3.05) is 25.6 Å². The van der Waals surface area contributed by atoms with E-state index in [0.717, 1.165) is 50.4 Å². The Morgan fingerprint density at radius 2 is 1.90 bits per heavy atom. The van der Waals surface area contributed by atoms with Crippen LogP contribution in [-0.2, 0) is 6.54 Å². The molecule has 0 saturated heterocycles. The monoisotopic (exact) mass is 598 g/mol. The molecule has 2 aromatic heterocycles. The van der Waals surface area contributed by atoms with Gasteiger partial charge in [-0.05, 0) is 40.1 Å². The quantitative estimate of drug-likeness (QED) is 0.319. The topological polar surface area (TPSA) is 100 Å². The van der Waals surface area contributed by atoms with Crippen LogP contribution < -0.4 is 20.5 Å². The van der Waals surface area contributed by atoms with Gasteiger partial charge in [0.05, 0.1) is 0 Å². The lowest BCUT2D eigenvalue weighted by Crippen LogP contribution is -2.29. The number of halogens is 3. The van der Waals surface area contributed by atoms with Gasteiger partial charge in [-0.25, -0.2) is 15.0 Å². The van der Waals surface area contributed by atoms with Gasteiger partial charge in [0, 0.05) is 28.1 Å². The Labute approximate surface area is 211 Å². The predicted molar refractivity (Wildman–Crippen MR) is 136 cm³/mol. The number of nitrogens with two attached hydrogens (primary N) is 1. The van der Waals surface area contributed by atoms with E-state index in [4.69, 9.17) is 20.2 Å². The highest BCUT2D eigenvalue weighted by atomic mass is 127. The predicted octanol–water partition coefficient (Wildman–Crippen LogP) is 4.37. The second-order valence-corrected chi connectivity index (χ2v) is 10.1. The van der Waals surface area contributed by atoms with Crippen molar-refractivity contribution >= 4 is 76.1 Å². The van der Waals surface area contributed by atoms with Gasteiger partial charge in [0.25, 0.3) is 0 Å². The number of nitrogens with one attached hydrogen (secondary N) is 1. The molecule has 12 heteroatoms. The first-order valence-corrected chi connectivity index (χ1v) is 11.2. The molecule has 0 bridgehead atoms. The number of fused-ring (bicyclic) bond motifs is 2. The van der Waals surface area contributed by atoms with Gasteiger partial charge in [-0.2, -0.15) is 0 Å². The molecule has 1 aliphatic heterocycles. The van der Waals surface area contributed by atoms with Crippen molar-refractivity contribution in [3.8, 4) is 11.5 Å². The summed E-state index contributed by atoms with van der Waals surface area (Å²) in [6, 6.07) is 3.97. The molecule has 3 N–H and O–H groups in total. The molecule has 4 rings (SSSR count). The maximum Gasteiger partial charge on any atom is 0.231 e. The van der Waals surface area contributed by atoms with E-state index in [1.165, 1.54) is 6.33 Å². The van der Waals surface area contributed by atoms with Crippen molar-refractivity contribution in [1.82, 2.24) is 24.8 Å². The van der Waals surface area contributed by atoms with Gasteiger partial charge in [-0.1, -0.05) is 32.5 Å². The molecule has 170 valence electrons. The fourth-order valence-corrected chi connectivity index (χ4v) is 4.66. The van der Waals surface area contributed by atoms with E-state index in [1.807, 2.05) is 12.1 Å². The van der Waals surface area contributed by atoms with Crippen LogP contribution in [0.5, 0.6) is 11.5 Å². The van der Waals surface area contributed by atoms with Gasteiger partial charge in [-0.3, -0.25) is 0 Å². The average Bonchev–Trinajstić information content (AvgIpc) is 3.23. The molecule has 0 fully saturated rings. The number of nitrogen functional groups attached to an aromatic ring is 1. The van der Waals surface area contributed by atoms with E-state index < -0.39 is 0 Å². The lowest BCUT2D eigenvalue weighted by atomic mass is 9.97. The molecule has 0 amide bonds. The van der Waals surface area contributed by atoms with Gasteiger partial charge in [0.15, 0.2) is 33.6 Å². The molecule has 3 aromatic rings. The Kier molecular flexibility index (Phi) is 8.91. The molecular formula is C19H25Cl2IN6O2S. The highest BCUT2D eigenvalue weighted by molar-refractivity contribution is 14.1. The summed E-state index contributed by atoms with van der Waals surface area (Å²) >= 11 is 3.86. The third-order valence-corrected chi connectivity index (χ3v) is 6.63. The Bertz CT molecular complexity index is 1060. The summed E-state index contributed by atoms with van der Waals surface area (Å²) in [6.45, 7) is 9.35. The average molecular weight is 599 g/mol. The van der Waals surface area contributed by atoms with Gasteiger partial charge in [0.2, 0.25) is 6.79 Å². The first-order chi connectivity index (χ1) is 13.8. The molecule has 1 aliphatic rings. The van der Waals surface area contributed by atoms with Crippen molar-refractivity contribution in [2.45, 2.75) is 37.4 Å². The molecule has 0 saturated carbocycles. The Morgan fingerprint density at radius 3 is 2.61 bits per heavy atom. The van der Waals surface area contributed by atoms with Gasteiger partial charge in [-0.15, -0.1) is 24.8 Å². The maximum atomic E-state index is 6.06. The highest BCUT2D eigenvalue weighted by Gasteiger charge is 2.21. The van der Waals surface area contributed by atoms with Crippen molar-refractivity contribution in [1.29, 1.82) is 0 Å². The van der Waals surface area contributed by atoms with E-state index in [-0.39, 0.29) is 37.0 Å². The molecule has 1 aromatic carbocycles. The second-order valence-electron chi connectivity index (χ2n) is 7.95. The molecule has 0 atom stereocenters. The van der Waals surface area contributed by atoms with Gasteiger partial charge in [0.1, 0.15) is 6.33 Å². The van der Waals surface area contributed by atoms with Crippen LogP contribution in [0.15, 0.2) is 28.5 Å². The summed E-state index contributed by atoms with van der Waals surface area (Å²) in [5, 5.41) is 4.33. The zero-order chi connectivity index (χ0) is 20.6.